The molecule has 0 aliphatic carbocycles. The number of hydrogen-bond donors (Lipinski definition) is 1. The summed E-state index contributed by atoms with van der Waals surface area (Å²) in [5.74, 6) is 2.98. The Morgan fingerprint density at radius 1 is 0.872 bits per heavy atom. The first-order chi connectivity index (χ1) is 19.1. The third-order valence-corrected chi connectivity index (χ3v) is 8.17. The lowest BCUT2D eigenvalue weighted by Crippen LogP contribution is -2.26. The lowest BCUT2D eigenvalue weighted by molar-refractivity contribution is -0.118. The van der Waals surface area contributed by atoms with E-state index in [1.807, 2.05) is 54.6 Å². The summed E-state index contributed by atoms with van der Waals surface area (Å²) in [6, 6.07) is 26.2. The van der Waals surface area contributed by atoms with Gasteiger partial charge in [-0.25, -0.2) is 4.98 Å². The lowest BCUT2D eigenvalue weighted by atomic mass is 10.0. The van der Waals surface area contributed by atoms with Crippen LogP contribution in [-0.4, -0.2) is 47.7 Å². The summed E-state index contributed by atoms with van der Waals surface area (Å²) in [5.41, 5.74) is 4.18. The van der Waals surface area contributed by atoms with Crippen molar-refractivity contribution in [2.24, 2.45) is 0 Å². The largest absolute Gasteiger partial charge is 0.497 e. The summed E-state index contributed by atoms with van der Waals surface area (Å²) in [7, 11) is 3.35. The fraction of sp³-hybridized carbons (Fsp3) is 0.290. The quantitative estimate of drug-likeness (QED) is 0.132. The summed E-state index contributed by atoms with van der Waals surface area (Å²) in [4.78, 5) is 18.5. The SMILES string of the molecule is CCCn1c(SCCCNC(=O)CSc2ccccc2)nc(-c2ccc(OC)cc2)c1-c1ccc(OC)cc1. The Balaban J connectivity index is 1.46. The molecule has 1 amide bonds. The molecule has 0 spiro atoms. The van der Waals surface area contributed by atoms with Gasteiger partial charge in [0.05, 0.1) is 31.4 Å². The van der Waals surface area contributed by atoms with Crippen molar-refractivity contribution in [1.82, 2.24) is 14.9 Å². The molecule has 4 rings (SSSR count). The fourth-order valence-electron chi connectivity index (χ4n) is 4.15. The number of nitrogens with zero attached hydrogens (tertiary/aromatic N) is 2. The lowest BCUT2D eigenvalue weighted by Gasteiger charge is -2.13. The van der Waals surface area contributed by atoms with Crippen molar-refractivity contribution in [2.45, 2.75) is 36.4 Å². The van der Waals surface area contributed by atoms with Crippen molar-refractivity contribution in [3.8, 4) is 34.0 Å². The van der Waals surface area contributed by atoms with Gasteiger partial charge in [0.2, 0.25) is 5.91 Å². The van der Waals surface area contributed by atoms with Crippen molar-refractivity contribution in [2.75, 3.05) is 32.3 Å². The predicted molar refractivity (Wildman–Crippen MR) is 162 cm³/mol. The van der Waals surface area contributed by atoms with Crippen LogP contribution < -0.4 is 14.8 Å². The molecule has 3 aromatic carbocycles. The maximum atomic E-state index is 12.3. The number of ether oxygens (including phenoxy) is 2. The zero-order valence-electron chi connectivity index (χ0n) is 22.7. The summed E-state index contributed by atoms with van der Waals surface area (Å²) in [6.07, 6.45) is 1.85. The van der Waals surface area contributed by atoms with Gasteiger partial charge in [-0.3, -0.25) is 4.79 Å². The molecule has 39 heavy (non-hydrogen) atoms. The standard InChI is InChI=1S/C31H35N3O3S2/c1-4-20-34-30(24-13-17-26(37-3)18-14-24)29(23-11-15-25(36-2)16-12-23)33-31(34)38-21-8-19-32-28(35)22-39-27-9-6-5-7-10-27/h5-7,9-18H,4,8,19-22H2,1-3H3,(H,32,35). The maximum absolute atomic E-state index is 12.3. The van der Waals surface area contributed by atoms with Crippen LogP contribution in [0, 0.1) is 0 Å². The number of aromatic nitrogens is 2. The number of carbonyl (C=O) groups excluding carboxylic acids is 1. The van der Waals surface area contributed by atoms with Gasteiger partial charge in [0.25, 0.3) is 0 Å². The Bertz CT molecular complexity index is 1320. The van der Waals surface area contributed by atoms with Crippen LogP contribution in [0.3, 0.4) is 0 Å². The molecule has 0 atom stereocenters. The van der Waals surface area contributed by atoms with Crippen LogP contribution >= 0.6 is 23.5 Å². The van der Waals surface area contributed by atoms with E-state index in [-0.39, 0.29) is 5.91 Å². The van der Waals surface area contributed by atoms with Gasteiger partial charge < -0.3 is 19.4 Å². The Hall–Kier alpha value is -3.36. The molecule has 0 aliphatic heterocycles. The number of benzene rings is 3. The van der Waals surface area contributed by atoms with Crippen molar-refractivity contribution >= 4 is 29.4 Å². The minimum atomic E-state index is 0.0601. The van der Waals surface area contributed by atoms with Crippen LogP contribution in [-0.2, 0) is 11.3 Å². The monoisotopic (exact) mass is 561 g/mol. The number of amides is 1. The number of carbonyl (C=O) groups is 1. The molecule has 8 heteroatoms. The summed E-state index contributed by atoms with van der Waals surface area (Å²) >= 11 is 3.29. The van der Waals surface area contributed by atoms with E-state index in [0.29, 0.717) is 12.3 Å². The molecule has 0 fully saturated rings. The fourth-order valence-corrected chi connectivity index (χ4v) is 5.86. The summed E-state index contributed by atoms with van der Waals surface area (Å²) < 4.78 is 13.1. The molecule has 1 heterocycles. The van der Waals surface area contributed by atoms with Crippen LogP contribution in [0.5, 0.6) is 11.5 Å². The molecule has 0 radical (unpaired) electrons. The van der Waals surface area contributed by atoms with Gasteiger partial charge >= 0.3 is 0 Å². The van der Waals surface area contributed by atoms with Gasteiger partial charge in [0.15, 0.2) is 5.16 Å². The van der Waals surface area contributed by atoms with E-state index in [0.717, 1.165) is 69.2 Å². The highest BCUT2D eigenvalue weighted by atomic mass is 32.2. The van der Waals surface area contributed by atoms with Gasteiger partial charge in [-0.2, -0.15) is 0 Å². The van der Waals surface area contributed by atoms with Gasteiger partial charge in [-0.05, 0) is 73.5 Å². The predicted octanol–water partition coefficient (Wildman–Crippen LogP) is 7.04. The molecule has 0 saturated carbocycles. The Kier molecular flexibility index (Phi) is 10.8. The number of nitrogens with one attached hydrogen (secondary N) is 1. The van der Waals surface area contributed by atoms with Crippen molar-refractivity contribution < 1.29 is 14.3 Å². The molecule has 4 aromatic rings. The number of imidazole rings is 1. The normalized spacial score (nSPS) is 10.8. The molecule has 6 nitrogen and oxygen atoms in total. The summed E-state index contributed by atoms with van der Waals surface area (Å²) in [6.45, 7) is 3.69. The third-order valence-electron chi connectivity index (χ3n) is 6.09. The van der Waals surface area contributed by atoms with Crippen molar-refractivity contribution in [3.63, 3.8) is 0 Å². The smallest absolute Gasteiger partial charge is 0.230 e. The molecule has 0 aliphatic rings. The average molecular weight is 562 g/mol. The average Bonchev–Trinajstić information content (AvgIpc) is 3.34. The Labute approximate surface area is 239 Å². The maximum Gasteiger partial charge on any atom is 0.230 e. The third kappa shape index (κ3) is 7.83. The van der Waals surface area contributed by atoms with Gasteiger partial charge in [-0.1, -0.05) is 36.9 Å². The second-order valence-corrected chi connectivity index (χ2v) is 11.0. The van der Waals surface area contributed by atoms with Gasteiger partial charge in [-0.15, -0.1) is 11.8 Å². The molecule has 0 bridgehead atoms. The molecule has 204 valence electrons. The van der Waals surface area contributed by atoms with Crippen LogP contribution in [0.25, 0.3) is 22.5 Å². The zero-order valence-corrected chi connectivity index (χ0v) is 24.3. The highest BCUT2D eigenvalue weighted by Gasteiger charge is 2.20. The Morgan fingerprint density at radius 3 is 2.13 bits per heavy atom. The van der Waals surface area contributed by atoms with E-state index in [1.165, 1.54) is 0 Å². The molecule has 1 aromatic heterocycles. The summed E-state index contributed by atoms with van der Waals surface area (Å²) in [5, 5.41) is 4.03. The van der Waals surface area contributed by atoms with E-state index in [1.54, 1.807) is 37.7 Å². The first-order valence-electron chi connectivity index (χ1n) is 13.1. The van der Waals surface area contributed by atoms with Crippen molar-refractivity contribution in [3.05, 3.63) is 78.9 Å². The van der Waals surface area contributed by atoms with E-state index in [2.05, 4.69) is 41.1 Å². The molecule has 1 N–H and O–H groups in total. The van der Waals surface area contributed by atoms with Crippen LogP contribution in [0.1, 0.15) is 19.8 Å². The zero-order chi connectivity index (χ0) is 27.5. The van der Waals surface area contributed by atoms with E-state index < -0.39 is 0 Å². The highest BCUT2D eigenvalue weighted by Crippen LogP contribution is 2.37. The van der Waals surface area contributed by atoms with Gasteiger partial charge in [0, 0.05) is 34.9 Å². The minimum absolute atomic E-state index is 0.0601. The van der Waals surface area contributed by atoms with Crippen molar-refractivity contribution in [1.29, 1.82) is 0 Å². The second-order valence-electron chi connectivity index (χ2n) is 8.85. The molecule has 0 unspecified atom stereocenters. The van der Waals surface area contributed by atoms with Gasteiger partial charge in [0.1, 0.15) is 11.5 Å². The first kappa shape index (κ1) is 28.6. The van der Waals surface area contributed by atoms with E-state index in [9.17, 15) is 4.79 Å². The highest BCUT2D eigenvalue weighted by molar-refractivity contribution is 8.00. The molecular formula is C31H35N3O3S2. The molecular weight excluding hydrogens is 526 g/mol. The van der Waals surface area contributed by atoms with Crippen LogP contribution in [0.15, 0.2) is 88.9 Å². The minimum Gasteiger partial charge on any atom is -0.497 e. The number of thioether (sulfide) groups is 2. The topological polar surface area (TPSA) is 65.4 Å². The first-order valence-corrected chi connectivity index (χ1v) is 15.1. The number of hydrogen-bond acceptors (Lipinski definition) is 6. The van der Waals surface area contributed by atoms with E-state index in [4.69, 9.17) is 14.5 Å². The second kappa shape index (κ2) is 14.7. The van der Waals surface area contributed by atoms with E-state index >= 15 is 0 Å². The van der Waals surface area contributed by atoms with Crippen LogP contribution in [0.4, 0.5) is 0 Å². The molecule has 0 saturated heterocycles. The number of rotatable bonds is 14. The Morgan fingerprint density at radius 2 is 1.51 bits per heavy atom. The number of methoxy groups -OCH3 is 2. The van der Waals surface area contributed by atoms with Crippen LogP contribution in [0.2, 0.25) is 0 Å².